The summed E-state index contributed by atoms with van der Waals surface area (Å²) in [4.78, 5) is 27.4. The molecule has 2 aromatic rings. The molecular formula is C18H21F2N7O3. The number of nitrogens with zero attached hydrogens (tertiary/aromatic N) is 6. The van der Waals surface area contributed by atoms with E-state index >= 15 is 0 Å². The number of piperidine rings is 1. The van der Waals surface area contributed by atoms with Crippen molar-refractivity contribution in [1.82, 2.24) is 25.5 Å². The summed E-state index contributed by atoms with van der Waals surface area (Å²) in [6, 6.07) is 2.30. The number of nitrogens with one attached hydrogen (secondary N) is 1. The minimum absolute atomic E-state index is 0.0362. The number of hydrogen-bond donors (Lipinski definition) is 1. The Morgan fingerprint density at radius 1 is 1.27 bits per heavy atom. The Balaban J connectivity index is 1.45. The van der Waals surface area contributed by atoms with Crippen molar-refractivity contribution in [3.05, 3.63) is 30.1 Å². The first-order chi connectivity index (χ1) is 14.4. The van der Waals surface area contributed by atoms with Crippen LogP contribution in [0.4, 0.5) is 25.0 Å². The molecule has 1 unspecified atom stereocenters. The van der Waals surface area contributed by atoms with Crippen LogP contribution in [0.2, 0.25) is 0 Å². The monoisotopic (exact) mass is 421 g/mol. The molecule has 1 atom stereocenters. The molecule has 0 aliphatic carbocycles. The van der Waals surface area contributed by atoms with E-state index < -0.39 is 23.8 Å². The minimum atomic E-state index is -0.750. The Morgan fingerprint density at radius 3 is 2.57 bits per heavy atom. The van der Waals surface area contributed by atoms with E-state index in [4.69, 9.17) is 4.74 Å². The van der Waals surface area contributed by atoms with Crippen LogP contribution in [-0.2, 0) is 9.53 Å². The number of hydrogen-bond acceptors (Lipinski definition) is 7. The van der Waals surface area contributed by atoms with Crippen LogP contribution in [0.25, 0.3) is 0 Å². The summed E-state index contributed by atoms with van der Waals surface area (Å²) in [6.07, 6.45) is 1.31. The second-order valence-corrected chi connectivity index (χ2v) is 7.29. The fraction of sp³-hybridized carbons (Fsp3) is 0.500. The Bertz CT molecular complexity index is 909. The van der Waals surface area contributed by atoms with Gasteiger partial charge in [0.15, 0.2) is 18.0 Å². The maximum atomic E-state index is 14.8. The predicted octanol–water partition coefficient (Wildman–Crippen LogP) is 1.25. The highest BCUT2D eigenvalue weighted by Crippen LogP contribution is 2.33. The number of tetrazole rings is 1. The summed E-state index contributed by atoms with van der Waals surface area (Å²) in [7, 11) is 0. The van der Waals surface area contributed by atoms with Crippen LogP contribution < -0.4 is 15.1 Å². The Hall–Kier alpha value is -3.31. The van der Waals surface area contributed by atoms with Crippen molar-refractivity contribution < 1.29 is 23.1 Å². The molecule has 2 aliphatic heterocycles. The zero-order valence-electron chi connectivity index (χ0n) is 16.3. The van der Waals surface area contributed by atoms with Crippen LogP contribution >= 0.6 is 0 Å². The van der Waals surface area contributed by atoms with Crippen LogP contribution in [-0.4, -0.2) is 64.5 Å². The van der Waals surface area contributed by atoms with Gasteiger partial charge in [-0.25, -0.2) is 13.6 Å². The van der Waals surface area contributed by atoms with Gasteiger partial charge < -0.3 is 15.0 Å². The molecule has 2 fully saturated rings. The number of aromatic nitrogens is 4. The van der Waals surface area contributed by atoms with Gasteiger partial charge in [0, 0.05) is 32.1 Å². The molecule has 0 bridgehead atoms. The first-order valence-electron chi connectivity index (χ1n) is 9.61. The summed E-state index contributed by atoms with van der Waals surface area (Å²) >= 11 is 0. The second-order valence-electron chi connectivity index (χ2n) is 7.29. The zero-order chi connectivity index (χ0) is 21.3. The molecule has 0 radical (unpaired) electrons. The second kappa shape index (κ2) is 8.20. The van der Waals surface area contributed by atoms with E-state index in [1.165, 1.54) is 18.0 Å². The lowest BCUT2D eigenvalue weighted by Gasteiger charge is -2.33. The number of carbonyl (C=O) groups excluding carboxylic acids is 2. The summed E-state index contributed by atoms with van der Waals surface area (Å²) in [5, 5.41) is 14.1. The van der Waals surface area contributed by atoms with E-state index in [0.29, 0.717) is 25.9 Å². The first kappa shape index (κ1) is 20.0. The third kappa shape index (κ3) is 4.02. The zero-order valence-corrected chi connectivity index (χ0v) is 16.3. The molecule has 2 aliphatic rings. The minimum Gasteiger partial charge on any atom is -0.442 e. The Morgan fingerprint density at radius 2 is 1.97 bits per heavy atom. The van der Waals surface area contributed by atoms with Gasteiger partial charge in [-0.2, -0.15) is 4.80 Å². The molecule has 2 amide bonds. The molecule has 1 aromatic carbocycles. The smallest absolute Gasteiger partial charge is 0.414 e. The lowest BCUT2D eigenvalue weighted by Crippen LogP contribution is -2.36. The predicted molar refractivity (Wildman–Crippen MR) is 101 cm³/mol. The number of carbonyl (C=O) groups is 2. The molecule has 4 rings (SSSR count). The van der Waals surface area contributed by atoms with Gasteiger partial charge in [-0.1, -0.05) is 0 Å². The summed E-state index contributed by atoms with van der Waals surface area (Å²) in [6.45, 7) is 2.45. The molecule has 0 spiro atoms. The number of halogens is 2. The number of anilines is 2. The van der Waals surface area contributed by atoms with Gasteiger partial charge in [0.05, 0.1) is 24.8 Å². The van der Waals surface area contributed by atoms with Crippen molar-refractivity contribution in [2.24, 2.45) is 0 Å². The maximum absolute atomic E-state index is 14.8. The number of rotatable bonds is 5. The van der Waals surface area contributed by atoms with Gasteiger partial charge in [0.2, 0.25) is 5.91 Å². The number of benzene rings is 1. The van der Waals surface area contributed by atoms with E-state index in [1.807, 2.05) is 0 Å². The highest BCUT2D eigenvalue weighted by molar-refractivity contribution is 5.90. The number of amides is 2. The van der Waals surface area contributed by atoms with Crippen LogP contribution in [0, 0.1) is 11.6 Å². The van der Waals surface area contributed by atoms with Crippen molar-refractivity contribution in [3.63, 3.8) is 0 Å². The normalized spacial score (nSPS) is 19.8. The number of cyclic esters (lactones) is 1. The topological polar surface area (TPSA) is 105 Å². The van der Waals surface area contributed by atoms with Gasteiger partial charge in [0.1, 0.15) is 11.8 Å². The largest absolute Gasteiger partial charge is 0.442 e. The van der Waals surface area contributed by atoms with Crippen LogP contribution in [0.15, 0.2) is 18.5 Å². The average Bonchev–Trinajstić information content (AvgIpc) is 3.36. The number of ether oxygens (including phenoxy) is 1. The van der Waals surface area contributed by atoms with E-state index in [0.717, 1.165) is 17.0 Å². The summed E-state index contributed by atoms with van der Waals surface area (Å²) in [5.74, 6) is -1.75. The molecule has 3 heterocycles. The van der Waals surface area contributed by atoms with Crippen LogP contribution in [0.1, 0.15) is 25.8 Å². The molecule has 0 saturated carbocycles. The van der Waals surface area contributed by atoms with Crippen LogP contribution in [0.5, 0.6) is 0 Å². The summed E-state index contributed by atoms with van der Waals surface area (Å²) in [5.41, 5.74) is -0.0445. The summed E-state index contributed by atoms with van der Waals surface area (Å²) < 4.78 is 34.8. The lowest BCUT2D eigenvalue weighted by molar-refractivity contribution is -0.119. The van der Waals surface area contributed by atoms with Crippen molar-refractivity contribution >= 4 is 23.4 Å². The molecule has 30 heavy (non-hydrogen) atoms. The van der Waals surface area contributed by atoms with Crippen molar-refractivity contribution in [1.29, 1.82) is 0 Å². The first-order valence-corrected chi connectivity index (χ1v) is 9.61. The third-order valence-corrected chi connectivity index (χ3v) is 5.24. The lowest BCUT2D eigenvalue weighted by atomic mass is 10.0. The fourth-order valence-electron chi connectivity index (χ4n) is 3.77. The molecule has 160 valence electrons. The van der Waals surface area contributed by atoms with E-state index in [9.17, 15) is 18.4 Å². The molecule has 12 heteroatoms. The quantitative estimate of drug-likeness (QED) is 0.775. The van der Waals surface area contributed by atoms with Gasteiger partial charge >= 0.3 is 6.09 Å². The van der Waals surface area contributed by atoms with Gasteiger partial charge in [-0.3, -0.25) is 9.69 Å². The van der Waals surface area contributed by atoms with Crippen molar-refractivity contribution in [3.8, 4) is 0 Å². The third-order valence-electron chi connectivity index (χ3n) is 5.24. The van der Waals surface area contributed by atoms with Gasteiger partial charge in [-0.15, -0.1) is 10.2 Å². The molecule has 10 nitrogen and oxygen atoms in total. The average molecular weight is 421 g/mol. The fourth-order valence-corrected chi connectivity index (χ4v) is 3.77. The standard InChI is InChI=1S/C18H21F2N7O3/c1-11(28)21-8-14-9-26(18(29)30-14)13-6-15(19)17(16(20)7-13)25-4-2-12(3-5-25)27-23-10-22-24-27/h6-7,10,12,14H,2-5,8-9H2,1H3,(H,21,28). The van der Waals surface area contributed by atoms with E-state index in [2.05, 4.69) is 20.7 Å². The molecule has 1 N–H and O–H groups in total. The van der Waals surface area contributed by atoms with Gasteiger partial charge in [0.25, 0.3) is 0 Å². The molecule has 2 saturated heterocycles. The highest BCUT2D eigenvalue weighted by Gasteiger charge is 2.34. The Labute approximate surface area is 170 Å². The highest BCUT2D eigenvalue weighted by atomic mass is 19.1. The van der Waals surface area contributed by atoms with E-state index in [1.54, 1.807) is 4.90 Å². The molecule has 1 aromatic heterocycles. The van der Waals surface area contributed by atoms with Crippen molar-refractivity contribution in [2.45, 2.75) is 31.9 Å². The van der Waals surface area contributed by atoms with Crippen molar-refractivity contribution in [2.75, 3.05) is 36.0 Å². The van der Waals surface area contributed by atoms with E-state index in [-0.39, 0.29) is 36.4 Å². The molecular weight excluding hydrogens is 400 g/mol. The Kier molecular flexibility index (Phi) is 5.46. The SMILES string of the molecule is CC(=O)NCC1CN(c2cc(F)c(N3CCC(n4ncnn4)CC3)c(F)c2)C(=O)O1. The maximum Gasteiger partial charge on any atom is 0.414 e. The van der Waals surface area contributed by atoms with Crippen LogP contribution in [0.3, 0.4) is 0 Å². The van der Waals surface area contributed by atoms with Gasteiger partial charge in [-0.05, 0) is 18.1 Å².